The molecule has 0 aliphatic carbocycles. The first kappa shape index (κ1) is 9.01. The van der Waals surface area contributed by atoms with E-state index in [9.17, 15) is 0 Å². The summed E-state index contributed by atoms with van der Waals surface area (Å²) in [6.07, 6.45) is 1.47. The van der Waals surface area contributed by atoms with Crippen LogP contribution >= 0.6 is 0 Å². The van der Waals surface area contributed by atoms with Gasteiger partial charge >= 0.3 is 0 Å². The fourth-order valence-corrected chi connectivity index (χ4v) is 1.73. The van der Waals surface area contributed by atoms with Gasteiger partial charge in [0, 0.05) is 13.7 Å². The fraction of sp³-hybridized carbons (Fsp3) is 1.00. The second-order valence-electron chi connectivity index (χ2n) is 3.55. The van der Waals surface area contributed by atoms with E-state index >= 15 is 0 Å². The monoisotopic (exact) mass is 158 g/mol. The number of rotatable bonds is 2. The normalized spacial score (nSPS) is 32.7. The van der Waals surface area contributed by atoms with E-state index in [1.165, 1.54) is 0 Å². The molecule has 1 heterocycles. The zero-order valence-electron chi connectivity index (χ0n) is 7.67. The number of ether oxygens (including phenoxy) is 2. The zero-order chi connectivity index (χ0) is 8.27. The highest BCUT2D eigenvalue weighted by molar-refractivity contribution is 4.76. The molecule has 0 aromatic rings. The molecule has 1 aliphatic rings. The Morgan fingerprint density at radius 2 is 2.18 bits per heavy atom. The highest BCUT2D eigenvalue weighted by Crippen LogP contribution is 2.25. The largest absolute Gasteiger partial charge is 0.379 e. The summed E-state index contributed by atoms with van der Waals surface area (Å²) in [5, 5.41) is 0. The molecule has 0 aromatic carbocycles. The van der Waals surface area contributed by atoms with Crippen LogP contribution in [0.25, 0.3) is 0 Å². The van der Waals surface area contributed by atoms with E-state index in [1.54, 1.807) is 7.11 Å². The van der Waals surface area contributed by atoms with E-state index in [0.717, 1.165) is 19.6 Å². The highest BCUT2D eigenvalue weighted by atomic mass is 16.5. The molecule has 0 spiro atoms. The first-order chi connectivity index (χ1) is 5.25. The lowest BCUT2D eigenvalue weighted by Crippen LogP contribution is -2.36. The van der Waals surface area contributed by atoms with Crippen molar-refractivity contribution in [1.82, 2.24) is 0 Å². The van der Waals surface area contributed by atoms with Crippen molar-refractivity contribution < 1.29 is 9.47 Å². The summed E-state index contributed by atoms with van der Waals surface area (Å²) in [5.41, 5.74) is 0. The minimum absolute atomic E-state index is 0.323. The maximum absolute atomic E-state index is 5.34. The van der Waals surface area contributed by atoms with E-state index in [2.05, 4.69) is 13.8 Å². The van der Waals surface area contributed by atoms with Crippen LogP contribution in [0.15, 0.2) is 0 Å². The Labute approximate surface area is 68.9 Å². The summed E-state index contributed by atoms with van der Waals surface area (Å²) < 4.78 is 10.7. The van der Waals surface area contributed by atoms with Gasteiger partial charge in [0.25, 0.3) is 0 Å². The van der Waals surface area contributed by atoms with E-state index in [-0.39, 0.29) is 0 Å². The Balaban J connectivity index is 2.44. The second-order valence-corrected chi connectivity index (χ2v) is 3.55. The third-order valence-corrected chi connectivity index (χ3v) is 2.51. The summed E-state index contributed by atoms with van der Waals surface area (Å²) in [6, 6.07) is 0. The molecule has 1 rings (SSSR count). The van der Waals surface area contributed by atoms with Crippen molar-refractivity contribution in [3.63, 3.8) is 0 Å². The summed E-state index contributed by atoms with van der Waals surface area (Å²) in [7, 11) is 1.77. The van der Waals surface area contributed by atoms with Crippen LogP contribution in [0.5, 0.6) is 0 Å². The molecule has 0 radical (unpaired) electrons. The van der Waals surface area contributed by atoms with Crippen molar-refractivity contribution in [3.05, 3.63) is 0 Å². The van der Waals surface area contributed by atoms with Gasteiger partial charge in [0.05, 0.1) is 12.7 Å². The van der Waals surface area contributed by atoms with Crippen molar-refractivity contribution >= 4 is 0 Å². The van der Waals surface area contributed by atoms with Crippen LogP contribution < -0.4 is 0 Å². The fourth-order valence-electron chi connectivity index (χ4n) is 1.73. The molecule has 11 heavy (non-hydrogen) atoms. The van der Waals surface area contributed by atoms with Crippen LogP contribution in [-0.2, 0) is 9.47 Å². The quantitative estimate of drug-likeness (QED) is 0.609. The van der Waals surface area contributed by atoms with Gasteiger partial charge in [-0.15, -0.1) is 0 Å². The average molecular weight is 158 g/mol. The molecule has 0 amide bonds. The molecule has 2 heteroatoms. The number of hydrogen-bond acceptors (Lipinski definition) is 2. The summed E-state index contributed by atoms with van der Waals surface area (Å²) in [4.78, 5) is 0. The lowest BCUT2D eigenvalue weighted by Gasteiger charge is -2.32. The molecule has 0 unspecified atom stereocenters. The minimum Gasteiger partial charge on any atom is -0.379 e. The molecule has 2 atom stereocenters. The Morgan fingerprint density at radius 3 is 2.64 bits per heavy atom. The lowest BCUT2D eigenvalue weighted by atomic mass is 9.86. The topological polar surface area (TPSA) is 18.5 Å². The smallest absolute Gasteiger partial charge is 0.0836 e. The lowest BCUT2D eigenvalue weighted by molar-refractivity contribution is -0.0775. The van der Waals surface area contributed by atoms with Crippen LogP contribution in [0, 0.1) is 11.8 Å². The molecule has 1 aliphatic heterocycles. The van der Waals surface area contributed by atoms with E-state index in [0.29, 0.717) is 17.9 Å². The third kappa shape index (κ3) is 2.17. The molecular formula is C9H18O2. The highest BCUT2D eigenvalue weighted by Gasteiger charge is 2.27. The Morgan fingerprint density at radius 1 is 1.45 bits per heavy atom. The van der Waals surface area contributed by atoms with Crippen LogP contribution in [0.3, 0.4) is 0 Å². The van der Waals surface area contributed by atoms with Crippen molar-refractivity contribution in [2.75, 3.05) is 20.3 Å². The SMILES string of the molecule is CO[C@H]1COCC[C@H]1C(C)C. The Kier molecular flexibility index (Phi) is 3.34. The summed E-state index contributed by atoms with van der Waals surface area (Å²) in [6.45, 7) is 6.19. The molecule has 0 N–H and O–H groups in total. The first-order valence-electron chi connectivity index (χ1n) is 4.36. The maximum atomic E-state index is 5.34. The van der Waals surface area contributed by atoms with E-state index in [4.69, 9.17) is 9.47 Å². The van der Waals surface area contributed by atoms with E-state index < -0.39 is 0 Å². The van der Waals surface area contributed by atoms with Crippen molar-refractivity contribution in [3.8, 4) is 0 Å². The Hall–Kier alpha value is -0.0800. The van der Waals surface area contributed by atoms with Gasteiger partial charge in [-0.3, -0.25) is 0 Å². The Bertz CT molecular complexity index is 112. The van der Waals surface area contributed by atoms with Crippen LogP contribution in [0.2, 0.25) is 0 Å². The predicted molar refractivity (Wildman–Crippen MR) is 44.6 cm³/mol. The van der Waals surface area contributed by atoms with Crippen LogP contribution in [0.1, 0.15) is 20.3 Å². The average Bonchev–Trinajstić information content (AvgIpc) is 2.04. The van der Waals surface area contributed by atoms with E-state index in [1.807, 2.05) is 0 Å². The van der Waals surface area contributed by atoms with Gasteiger partial charge in [-0.25, -0.2) is 0 Å². The standard InChI is InChI=1S/C9H18O2/c1-7(2)8-4-5-11-6-9(8)10-3/h7-9H,4-6H2,1-3H3/t8-,9-/m0/s1. The first-order valence-corrected chi connectivity index (χ1v) is 4.36. The molecule has 66 valence electrons. The predicted octanol–water partition coefficient (Wildman–Crippen LogP) is 1.69. The number of hydrogen-bond donors (Lipinski definition) is 0. The van der Waals surface area contributed by atoms with Crippen molar-refractivity contribution in [1.29, 1.82) is 0 Å². The summed E-state index contributed by atoms with van der Waals surface area (Å²) in [5.74, 6) is 1.40. The molecule has 0 aromatic heterocycles. The van der Waals surface area contributed by atoms with Crippen LogP contribution in [-0.4, -0.2) is 26.4 Å². The summed E-state index contributed by atoms with van der Waals surface area (Å²) >= 11 is 0. The number of methoxy groups -OCH3 is 1. The molecule has 2 nitrogen and oxygen atoms in total. The minimum atomic E-state index is 0.323. The molecule has 0 bridgehead atoms. The van der Waals surface area contributed by atoms with Gasteiger partial charge < -0.3 is 9.47 Å². The van der Waals surface area contributed by atoms with Gasteiger partial charge in [-0.2, -0.15) is 0 Å². The van der Waals surface area contributed by atoms with Crippen LogP contribution in [0.4, 0.5) is 0 Å². The van der Waals surface area contributed by atoms with Gasteiger partial charge in [0.1, 0.15) is 0 Å². The van der Waals surface area contributed by atoms with Gasteiger partial charge in [-0.05, 0) is 18.3 Å². The van der Waals surface area contributed by atoms with Gasteiger partial charge in [0.2, 0.25) is 0 Å². The molecule has 0 saturated carbocycles. The third-order valence-electron chi connectivity index (χ3n) is 2.51. The maximum Gasteiger partial charge on any atom is 0.0836 e. The molecule has 1 fully saturated rings. The molecular weight excluding hydrogens is 140 g/mol. The van der Waals surface area contributed by atoms with Gasteiger partial charge in [0.15, 0.2) is 0 Å². The second kappa shape index (κ2) is 4.07. The zero-order valence-corrected chi connectivity index (χ0v) is 7.67. The molecule has 1 saturated heterocycles. The van der Waals surface area contributed by atoms with Crippen molar-refractivity contribution in [2.45, 2.75) is 26.4 Å². The van der Waals surface area contributed by atoms with Gasteiger partial charge in [-0.1, -0.05) is 13.8 Å². The van der Waals surface area contributed by atoms with Crippen molar-refractivity contribution in [2.24, 2.45) is 11.8 Å².